The van der Waals surface area contributed by atoms with Crippen molar-refractivity contribution in [3.05, 3.63) is 99.7 Å². The zero-order chi connectivity index (χ0) is 28.4. The molecular weight excluding hydrogens is 569 g/mol. The van der Waals surface area contributed by atoms with E-state index in [1.165, 1.54) is 11.8 Å². The number of halogens is 2. The Balaban J connectivity index is 1.66. The maximum atomic E-state index is 14.2. The molecule has 208 valence electrons. The van der Waals surface area contributed by atoms with Crippen molar-refractivity contribution in [1.82, 2.24) is 15.2 Å². The molecule has 1 aliphatic heterocycles. The highest BCUT2D eigenvalue weighted by Crippen LogP contribution is 2.54. The molecule has 0 spiro atoms. The summed E-state index contributed by atoms with van der Waals surface area (Å²) in [7, 11) is 0. The van der Waals surface area contributed by atoms with Crippen LogP contribution in [0.1, 0.15) is 29.2 Å². The number of nitrogens with one attached hydrogen (secondary N) is 2. The van der Waals surface area contributed by atoms with E-state index in [4.69, 9.17) is 23.2 Å². The number of hydrogen-bond acceptors (Lipinski definition) is 5. The van der Waals surface area contributed by atoms with Crippen molar-refractivity contribution in [2.45, 2.75) is 41.7 Å². The summed E-state index contributed by atoms with van der Waals surface area (Å²) >= 11 is 13.7. The zero-order valence-electron chi connectivity index (χ0n) is 21.7. The Morgan fingerprint density at radius 1 is 1.12 bits per heavy atom. The Labute approximate surface area is 246 Å². The summed E-state index contributed by atoms with van der Waals surface area (Å²) in [5, 5.41) is 24.2. The number of rotatable bonds is 9. The first kappa shape index (κ1) is 28.5. The largest absolute Gasteiger partial charge is 0.394 e. The van der Waals surface area contributed by atoms with Crippen LogP contribution in [-0.4, -0.2) is 55.9 Å². The molecule has 2 heterocycles. The molecule has 4 aromatic rings. The topological polar surface area (TPSA) is 106 Å². The van der Waals surface area contributed by atoms with Gasteiger partial charge in [-0.25, -0.2) is 0 Å². The molecule has 10 heteroatoms. The minimum absolute atomic E-state index is 0.0644. The number of aliphatic hydroxyl groups is 2. The molecule has 2 amide bonds. The fourth-order valence-electron chi connectivity index (χ4n) is 5.13. The lowest BCUT2D eigenvalue weighted by Gasteiger charge is -2.36. The molecule has 1 saturated heterocycles. The molecule has 3 unspecified atom stereocenters. The number of aromatic nitrogens is 1. The first-order valence-electron chi connectivity index (χ1n) is 12.8. The number of aliphatic hydroxyl groups excluding tert-OH is 2. The van der Waals surface area contributed by atoms with E-state index in [1.807, 2.05) is 61.7 Å². The summed E-state index contributed by atoms with van der Waals surface area (Å²) in [6.45, 7) is 1.61. The van der Waals surface area contributed by atoms with Gasteiger partial charge < -0.3 is 25.4 Å². The van der Waals surface area contributed by atoms with Gasteiger partial charge in [0.05, 0.1) is 25.2 Å². The van der Waals surface area contributed by atoms with Crippen molar-refractivity contribution in [2.75, 3.05) is 13.2 Å². The van der Waals surface area contributed by atoms with E-state index in [2.05, 4.69) is 10.3 Å². The Morgan fingerprint density at radius 2 is 1.82 bits per heavy atom. The predicted octanol–water partition coefficient (Wildman–Crippen LogP) is 5.26. The third-order valence-electron chi connectivity index (χ3n) is 7.14. The maximum Gasteiger partial charge on any atom is 0.239 e. The SMILES string of the molecule is Cc1ccc(SC2(C(=O)NCC(O)CO)CC(=O)N(Cc3ccc(Cl)cc3)C2c2c[nH]c3cc(Cl)ccc23)cc1. The van der Waals surface area contributed by atoms with Gasteiger partial charge in [0.2, 0.25) is 11.8 Å². The van der Waals surface area contributed by atoms with E-state index in [9.17, 15) is 19.8 Å². The number of amides is 2. The number of likely N-dealkylation sites (tertiary alicyclic amines) is 1. The van der Waals surface area contributed by atoms with Crippen molar-refractivity contribution >= 4 is 57.7 Å². The average Bonchev–Trinajstić information content (AvgIpc) is 3.47. The Bertz CT molecular complexity index is 1530. The zero-order valence-corrected chi connectivity index (χ0v) is 24.1. The minimum atomic E-state index is -1.29. The molecular formula is C30H29Cl2N3O4S. The molecule has 40 heavy (non-hydrogen) atoms. The fraction of sp³-hybridized carbons (Fsp3) is 0.267. The molecule has 0 saturated carbocycles. The molecule has 0 radical (unpaired) electrons. The highest BCUT2D eigenvalue weighted by Gasteiger charge is 2.58. The second kappa shape index (κ2) is 11.8. The summed E-state index contributed by atoms with van der Waals surface area (Å²) < 4.78 is -1.29. The van der Waals surface area contributed by atoms with Gasteiger partial charge in [-0.1, -0.05) is 59.1 Å². The normalized spacial score (nSPS) is 19.8. The van der Waals surface area contributed by atoms with Crippen LogP contribution in [0, 0.1) is 6.92 Å². The number of hydrogen-bond donors (Lipinski definition) is 4. The van der Waals surface area contributed by atoms with Crippen molar-refractivity contribution < 1.29 is 19.8 Å². The molecule has 3 aromatic carbocycles. The van der Waals surface area contributed by atoms with E-state index in [-0.39, 0.29) is 25.4 Å². The lowest BCUT2D eigenvalue weighted by atomic mass is 9.91. The molecule has 4 N–H and O–H groups in total. The van der Waals surface area contributed by atoms with Gasteiger partial charge >= 0.3 is 0 Å². The van der Waals surface area contributed by atoms with E-state index < -0.39 is 29.4 Å². The Hall–Kier alpha value is -3.01. The summed E-state index contributed by atoms with van der Waals surface area (Å²) in [4.78, 5) is 33.9. The highest BCUT2D eigenvalue weighted by atomic mass is 35.5. The molecule has 5 rings (SSSR count). The van der Waals surface area contributed by atoms with E-state index in [1.54, 1.807) is 23.1 Å². The van der Waals surface area contributed by atoms with Crippen LogP contribution >= 0.6 is 35.0 Å². The van der Waals surface area contributed by atoms with Gasteiger partial charge in [0.15, 0.2) is 0 Å². The summed E-state index contributed by atoms with van der Waals surface area (Å²) in [5.41, 5.74) is 3.52. The van der Waals surface area contributed by atoms with Gasteiger partial charge in [-0.2, -0.15) is 0 Å². The van der Waals surface area contributed by atoms with Crippen LogP contribution in [0.15, 0.2) is 77.8 Å². The second-order valence-electron chi connectivity index (χ2n) is 10.0. The average molecular weight is 599 g/mol. The van der Waals surface area contributed by atoms with Crippen LogP contribution < -0.4 is 5.32 Å². The number of aryl methyl sites for hydroxylation is 1. The van der Waals surface area contributed by atoms with Crippen molar-refractivity contribution in [2.24, 2.45) is 0 Å². The lowest BCUT2D eigenvalue weighted by molar-refractivity contribution is -0.129. The third-order valence-corrected chi connectivity index (χ3v) is 9.05. The smallest absolute Gasteiger partial charge is 0.239 e. The van der Waals surface area contributed by atoms with Crippen molar-refractivity contribution in [3.8, 4) is 0 Å². The summed E-state index contributed by atoms with van der Waals surface area (Å²) in [6.07, 6.45) is 0.645. The lowest BCUT2D eigenvalue weighted by Crippen LogP contribution is -2.50. The molecule has 3 atom stereocenters. The van der Waals surface area contributed by atoms with Crippen molar-refractivity contribution in [1.29, 1.82) is 0 Å². The standard InChI is InChI=1S/C30H29Cl2N3O4S/c1-18-2-9-23(10-3-18)40-30(29(39)34-14-22(37)17-36)13-27(38)35(16-19-4-6-20(31)7-5-19)28(30)25-15-33-26-12-21(32)8-11-24(25)26/h2-12,15,22,28,33,36-37H,13-14,16-17H2,1H3,(H,34,39). The highest BCUT2D eigenvalue weighted by molar-refractivity contribution is 8.01. The maximum absolute atomic E-state index is 14.2. The number of aromatic amines is 1. The monoisotopic (exact) mass is 597 g/mol. The first-order valence-corrected chi connectivity index (χ1v) is 14.4. The minimum Gasteiger partial charge on any atom is -0.394 e. The first-order chi connectivity index (χ1) is 19.2. The number of carbonyl (C=O) groups is 2. The number of nitrogens with zero attached hydrogens (tertiary/aromatic N) is 1. The number of H-pyrrole nitrogens is 1. The Kier molecular flexibility index (Phi) is 8.44. The molecule has 1 fully saturated rings. The molecule has 7 nitrogen and oxygen atoms in total. The number of benzene rings is 3. The number of fused-ring (bicyclic) bond motifs is 1. The molecule has 1 aromatic heterocycles. The fourth-order valence-corrected chi connectivity index (χ4v) is 6.85. The van der Waals surface area contributed by atoms with Crippen LogP contribution in [0.4, 0.5) is 0 Å². The second-order valence-corrected chi connectivity index (χ2v) is 12.3. The van der Waals surface area contributed by atoms with E-state index >= 15 is 0 Å². The van der Waals surface area contributed by atoms with Gasteiger partial charge in [0.25, 0.3) is 0 Å². The van der Waals surface area contributed by atoms with Crippen LogP contribution in [0.5, 0.6) is 0 Å². The predicted molar refractivity (Wildman–Crippen MR) is 159 cm³/mol. The van der Waals surface area contributed by atoms with Gasteiger partial charge in [0, 0.05) is 50.7 Å². The molecule has 1 aliphatic rings. The third kappa shape index (κ3) is 5.73. The summed E-state index contributed by atoms with van der Waals surface area (Å²) in [6, 6.07) is 19.9. The van der Waals surface area contributed by atoms with Gasteiger partial charge in [0.1, 0.15) is 4.75 Å². The van der Waals surface area contributed by atoms with Crippen LogP contribution in [0.25, 0.3) is 10.9 Å². The van der Waals surface area contributed by atoms with Crippen molar-refractivity contribution in [3.63, 3.8) is 0 Å². The van der Waals surface area contributed by atoms with Crippen LogP contribution in [0.3, 0.4) is 0 Å². The summed E-state index contributed by atoms with van der Waals surface area (Å²) in [5.74, 6) is -0.577. The Morgan fingerprint density at radius 3 is 2.52 bits per heavy atom. The van der Waals surface area contributed by atoms with Gasteiger partial charge in [-0.3, -0.25) is 9.59 Å². The van der Waals surface area contributed by atoms with Crippen LogP contribution in [-0.2, 0) is 16.1 Å². The van der Waals surface area contributed by atoms with E-state index in [0.717, 1.165) is 32.5 Å². The van der Waals surface area contributed by atoms with Crippen LogP contribution in [0.2, 0.25) is 10.0 Å². The van der Waals surface area contributed by atoms with E-state index in [0.29, 0.717) is 10.0 Å². The molecule has 0 bridgehead atoms. The molecule has 0 aliphatic carbocycles. The van der Waals surface area contributed by atoms with Gasteiger partial charge in [-0.15, -0.1) is 11.8 Å². The number of thioether (sulfide) groups is 1. The van der Waals surface area contributed by atoms with Gasteiger partial charge in [-0.05, 0) is 48.9 Å². The quantitative estimate of drug-likeness (QED) is 0.211. The number of carbonyl (C=O) groups excluding carboxylic acids is 2.